The van der Waals surface area contributed by atoms with Crippen molar-refractivity contribution in [3.63, 3.8) is 0 Å². The summed E-state index contributed by atoms with van der Waals surface area (Å²) in [6, 6.07) is 1.42. The standard InChI is InChI=1S/C14H18N4O8/c1-14(2,3)26-13(21)16-10(12(19)20)7-15-9-5-4-8(17(22)23)6-11(9)18(24)25/h4-6,10,15H,7H2,1-3H3,(H,16,21)(H,19,20)/t10-/m0/s1. The maximum absolute atomic E-state index is 11.7. The second-order valence-corrected chi connectivity index (χ2v) is 6.13. The third-order valence-corrected chi connectivity index (χ3v) is 2.87. The van der Waals surface area contributed by atoms with Crippen LogP contribution < -0.4 is 10.6 Å². The smallest absolute Gasteiger partial charge is 0.408 e. The highest BCUT2D eigenvalue weighted by Crippen LogP contribution is 2.28. The first-order valence-corrected chi connectivity index (χ1v) is 7.29. The lowest BCUT2D eigenvalue weighted by Gasteiger charge is -2.22. The Morgan fingerprint density at radius 1 is 1.23 bits per heavy atom. The van der Waals surface area contributed by atoms with Gasteiger partial charge in [0, 0.05) is 12.6 Å². The Labute approximate surface area is 147 Å². The normalized spacial score (nSPS) is 12.0. The van der Waals surface area contributed by atoms with Crippen LogP contribution in [-0.2, 0) is 9.53 Å². The van der Waals surface area contributed by atoms with E-state index in [0.29, 0.717) is 0 Å². The number of nitro benzene ring substituents is 2. The molecule has 1 rings (SSSR count). The van der Waals surface area contributed by atoms with Crippen molar-refractivity contribution in [1.82, 2.24) is 5.32 Å². The molecule has 1 amide bonds. The van der Waals surface area contributed by atoms with Gasteiger partial charge in [-0.2, -0.15) is 0 Å². The molecule has 1 aromatic carbocycles. The summed E-state index contributed by atoms with van der Waals surface area (Å²) in [5.41, 5.74) is -2.04. The van der Waals surface area contributed by atoms with Crippen molar-refractivity contribution >= 4 is 29.1 Å². The number of nitro groups is 2. The fourth-order valence-corrected chi connectivity index (χ4v) is 1.80. The molecule has 0 radical (unpaired) electrons. The predicted molar refractivity (Wildman–Crippen MR) is 89.0 cm³/mol. The summed E-state index contributed by atoms with van der Waals surface area (Å²) in [5.74, 6) is -1.40. The van der Waals surface area contributed by atoms with Crippen LogP contribution >= 0.6 is 0 Å². The molecule has 1 aromatic rings. The topological polar surface area (TPSA) is 174 Å². The van der Waals surface area contributed by atoms with Gasteiger partial charge in [0.05, 0.1) is 15.9 Å². The molecule has 0 aliphatic carbocycles. The fraction of sp³-hybridized carbons (Fsp3) is 0.429. The minimum atomic E-state index is -1.44. The van der Waals surface area contributed by atoms with Gasteiger partial charge in [-0.25, -0.2) is 9.59 Å². The Morgan fingerprint density at radius 3 is 2.31 bits per heavy atom. The molecule has 0 bridgehead atoms. The summed E-state index contributed by atoms with van der Waals surface area (Å²) in [5, 5.41) is 35.5. The minimum absolute atomic E-state index is 0.127. The minimum Gasteiger partial charge on any atom is -0.480 e. The van der Waals surface area contributed by atoms with Gasteiger partial charge in [-0.1, -0.05) is 0 Å². The number of aliphatic carboxylic acids is 1. The maximum atomic E-state index is 11.7. The van der Waals surface area contributed by atoms with E-state index >= 15 is 0 Å². The SMILES string of the molecule is CC(C)(C)OC(=O)N[C@@H](CNc1ccc([N+](=O)[O-])cc1[N+](=O)[O-])C(=O)O. The van der Waals surface area contributed by atoms with Gasteiger partial charge in [0.1, 0.15) is 17.3 Å². The Hall–Kier alpha value is -3.44. The molecule has 0 saturated heterocycles. The zero-order valence-corrected chi connectivity index (χ0v) is 14.2. The number of alkyl carbamates (subject to hydrolysis) is 1. The van der Waals surface area contributed by atoms with Gasteiger partial charge < -0.3 is 20.5 Å². The van der Waals surface area contributed by atoms with E-state index in [-0.39, 0.29) is 5.69 Å². The van der Waals surface area contributed by atoms with E-state index in [1.165, 1.54) is 0 Å². The van der Waals surface area contributed by atoms with Crippen LogP contribution in [0.2, 0.25) is 0 Å². The molecule has 142 valence electrons. The first kappa shape index (κ1) is 20.6. The Kier molecular flexibility index (Phi) is 6.41. The largest absolute Gasteiger partial charge is 0.480 e. The van der Waals surface area contributed by atoms with Gasteiger partial charge in [-0.3, -0.25) is 20.2 Å². The van der Waals surface area contributed by atoms with E-state index in [0.717, 1.165) is 18.2 Å². The van der Waals surface area contributed by atoms with Crippen molar-refractivity contribution in [2.45, 2.75) is 32.4 Å². The second kappa shape index (κ2) is 8.09. The van der Waals surface area contributed by atoms with E-state index in [9.17, 15) is 29.8 Å². The number of benzene rings is 1. The van der Waals surface area contributed by atoms with Gasteiger partial charge in [0.25, 0.3) is 11.4 Å². The Balaban J connectivity index is 2.90. The van der Waals surface area contributed by atoms with Gasteiger partial charge in [-0.05, 0) is 26.8 Å². The molecule has 3 N–H and O–H groups in total. The zero-order valence-electron chi connectivity index (χ0n) is 14.2. The first-order valence-electron chi connectivity index (χ1n) is 7.29. The third kappa shape index (κ3) is 6.22. The van der Waals surface area contributed by atoms with Crippen LogP contribution in [0.1, 0.15) is 20.8 Å². The van der Waals surface area contributed by atoms with Crippen molar-refractivity contribution in [3.05, 3.63) is 38.4 Å². The number of ether oxygens (including phenoxy) is 1. The van der Waals surface area contributed by atoms with E-state index in [2.05, 4.69) is 10.6 Å². The highest BCUT2D eigenvalue weighted by atomic mass is 16.6. The molecule has 0 saturated carbocycles. The lowest BCUT2D eigenvalue weighted by Crippen LogP contribution is -2.47. The molecular weight excluding hydrogens is 352 g/mol. The van der Waals surface area contributed by atoms with Gasteiger partial charge >= 0.3 is 12.1 Å². The lowest BCUT2D eigenvalue weighted by molar-refractivity contribution is -0.393. The summed E-state index contributed by atoms with van der Waals surface area (Å²) >= 11 is 0. The summed E-state index contributed by atoms with van der Waals surface area (Å²) < 4.78 is 4.95. The van der Waals surface area contributed by atoms with Crippen LogP contribution in [-0.4, -0.2) is 45.2 Å². The number of nitrogens with one attached hydrogen (secondary N) is 2. The predicted octanol–water partition coefficient (Wildman–Crippen LogP) is 1.89. The van der Waals surface area contributed by atoms with Crippen molar-refractivity contribution in [3.8, 4) is 0 Å². The molecule has 0 fully saturated rings. The molecule has 1 atom stereocenters. The molecule has 0 spiro atoms. The maximum Gasteiger partial charge on any atom is 0.408 e. The molecular formula is C14H18N4O8. The van der Waals surface area contributed by atoms with Crippen LogP contribution in [0.5, 0.6) is 0 Å². The van der Waals surface area contributed by atoms with E-state index < -0.39 is 51.5 Å². The number of rotatable bonds is 7. The molecule has 0 aliphatic rings. The lowest BCUT2D eigenvalue weighted by atomic mass is 10.2. The van der Waals surface area contributed by atoms with E-state index in [4.69, 9.17) is 9.84 Å². The summed E-state index contributed by atoms with van der Waals surface area (Å²) in [6.45, 7) is 4.38. The van der Waals surface area contributed by atoms with Crippen molar-refractivity contribution < 1.29 is 29.3 Å². The number of carbonyl (C=O) groups excluding carboxylic acids is 1. The molecule has 12 nitrogen and oxygen atoms in total. The highest BCUT2D eigenvalue weighted by Gasteiger charge is 2.25. The molecule has 12 heteroatoms. The van der Waals surface area contributed by atoms with Crippen molar-refractivity contribution in [2.75, 3.05) is 11.9 Å². The molecule has 0 aromatic heterocycles. The van der Waals surface area contributed by atoms with Crippen molar-refractivity contribution in [2.24, 2.45) is 0 Å². The Bertz CT molecular complexity index is 728. The van der Waals surface area contributed by atoms with Gasteiger partial charge in [0.2, 0.25) is 0 Å². The Morgan fingerprint density at radius 2 is 1.85 bits per heavy atom. The third-order valence-electron chi connectivity index (χ3n) is 2.87. The zero-order chi connectivity index (χ0) is 20.1. The van der Waals surface area contributed by atoms with Crippen LogP contribution in [0.15, 0.2) is 18.2 Å². The van der Waals surface area contributed by atoms with Gasteiger partial charge in [-0.15, -0.1) is 0 Å². The molecule has 0 aliphatic heterocycles. The van der Waals surface area contributed by atoms with Crippen molar-refractivity contribution in [1.29, 1.82) is 0 Å². The van der Waals surface area contributed by atoms with Gasteiger partial charge in [0.15, 0.2) is 0 Å². The molecule has 0 heterocycles. The number of non-ortho nitro benzene ring substituents is 1. The first-order chi connectivity index (χ1) is 11.9. The number of anilines is 1. The van der Waals surface area contributed by atoms with Crippen LogP contribution in [0.25, 0.3) is 0 Å². The second-order valence-electron chi connectivity index (χ2n) is 6.13. The molecule has 0 unspecified atom stereocenters. The number of hydrogen-bond acceptors (Lipinski definition) is 8. The summed E-state index contributed by atoms with van der Waals surface area (Å²) in [6.07, 6.45) is -0.968. The average molecular weight is 370 g/mol. The molecule has 26 heavy (non-hydrogen) atoms. The average Bonchev–Trinajstić information content (AvgIpc) is 2.48. The van der Waals surface area contributed by atoms with E-state index in [1.807, 2.05) is 0 Å². The number of amides is 1. The van der Waals surface area contributed by atoms with Crippen LogP contribution in [0, 0.1) is 20.2 Å². The van der Waals surface area contributed by atoms with E-state index in [1.54, 1.807) is 20.8 Å². The number of nitrogens with zero attached hydrogens (tertiary/aromatic N) is 2. The number of carbonyl (C=O) groups is 2. The fourth-order valence-electron chi connectivity index (χ4n) is 1.80. The summed E-state index contributed by atoms with van der Waals surface area (Å²) in [7, 11) is 0. The monoisotopic (exact) mass is 370 g/mol. The quantitative estimate of drug-likeness (QED) is 0.478. The number of hydrogen-bond donors (Lipinski definition) is 3. The number of carboxylic acid groups (broad SMARTS) is 1. The summed E-state index contributed by atoms with van der Waals surface area (Å²) in [4.78, 5) is 43.0. The van der Waals surface area contributed by atoms with Crippen LogP contribution in [0.3, 0.4) is 0 Å². The highest BCUT2D eigenvalue weighted by molar-refractivity contribution is 5.81. The number of carboxylic acids is 1. The van der Waals surface area contributed by atoms with Crippen LogP contribution in [0.4, 0.5) is 21.9 Å².